The molecule has 1 aliphatic heterocycles. The van der Waals surface area contributed by atoms with Gasteiger partial charge in [-0.3, -0.25) is 4.79 Å². The molecule has 2 rings (SSSR count). The zero-order chi connectivity index (χ0) is 14.8. The van der Waals surface area contributed by atoms with Gasteiger partial charge in [0.1, 0.15) is 10.7 Å². The van der Waals surface area contributed by atoms with Crippen molar-refractivity contribution in [3.05, 3.63) is 4.88 Å². The molecule has 2 heterocycles. The van der Waals surface area contributed by atoms with Crippen LogP contribution in [0.1, 0.15) is 36.4 Å². The van der Waals surface area contributed by atoms with Gasteiger partial charge in [-0.15, -0.1) is 0 Å². The van der Waals surface area contributed by atoms with Crippen LogP contribution in [0.25, 0.3) is 0 Å². The van der Waals surface area contributed by atoms with Gasteiger partial charge in [-0.1, -0.05) is 11.3 Å². The molecule has 0 spiro atoms. The Kier molecular flexibility index (Phi) is 4.49. The van der Waals surface area contributed by atoms with Crippen LogP contribution in [-0.4, -0.2) is 43.2 Å². The molecule has 7 heteroatoms. The van der Waals surface area contributed by atoms with Crippen molar-refractivity contribution in [1.29, 1.82) is 0 Å². The number of hydrogen-bond acceptors (Lipinski definition) is 6. The molecule has 6 nitrogen and oxygen atoms in total. The van der Waals surface area contributed by atoms with Crippen LogP contribution in [0.3, 0.4) is 0 Å². The number of hydrogen-bond donors (Lipinski definition) is 2. The zero-order valence-electron chi connectivity index (χ0n) is 12.2. The molecule has 1 unspecified atom stereocenters. The lowest BCUT2D eigenvalue weighted by Gasteiger charge is -2.34. The summed E-state index contributed by atoms with van der Waals surface area (Å²) in [5.41, 5.74) is 5.55. The monoisotopic (exact) mass is 298 g/mol. The average Bonchev–Trinajstić information content (AvgIpc) is 2.80. The van der Waals surface area contributed by atoms with E-state index in [0.29, 0.717) is 17.3 Å². The Bertz CT molecular complexity index is 483. The van der Waals surface area contributed by atoms with E-state index in [0.717, 1.165) is 31.1 Å². The Morgan fingerprint density at radius 3 is 3.00 bits per heavy atom. The van der Waals surface area contributed by atoms with Gasteiger partial charge < -0.3 is 20.7 Å². The van der Waals surface area contributed by atoms with Crippen molar-refractivity contribution >= 4 is 28.2 Å². The van der Waals surface area contributed by atoms with Crippen molar-refractivity contribution in [2.24, 2.45) is 0 Å². The second-order valence-corrected chi connectivity index (χ2v) is 6.37. The maximum Gasteiger partial charge on any atom is 0.265 e. The van der Waals surface area contributed by atoms with Crippen molar-refractivity contribution in [3.63, 3.8) is 0 Å². The van der Waals surface area contributed by atoms with Gasteiger partial charge in [-0.2, -0.15) is 0 Å². The number of carbonyl (C=O) groups excluding carboxylic acids is 1. The number of ether oxygens (including phenoxy) is 1. The highest BCUT2D eigenvalue weighted by Crippen LogP contribution is 2.28. The third kappa shape index (κ3) is 3.21. The summed E-state index contributed by atoms with van der Waals surface area (Å²) < 4.78 is 5.45. The third-order valence-electron chi connectivity index (χ3n) is 3.50. The van der Waals surface area contributed by atoms with Gasteiger partial charge >= 0.3 is 0 Å². The smallest absolute Gasteiger partial charge is 0.265 e. The molecule has 1 amide bonds. The van der Waals surface area contributed by atoms with Crippen LogP contribution >= 0.6 is 11.3 Å². The van der Waals surface area contributed by atoms with Gasteiger partial charge in [0.05, 0.1) is 12.1 Å². The van der Waals surface area contributed by atoms with Crippen molar-refractivity contribution in [2.75, 3.05) is 37.4 Å². The van der Waals surface area contributed by atoms with Gasteiger partial charge in [-0.05, 0) is 26.7 Å². The number of nitrogen functional groups attached to an aromatic ring is 1. The largest absolute Gasteiger partial charge is 0.382 e. The lowest BCUT2D eigenvalue weighted by atomic mass is 9.95. The normalized spacial score (nSPS) is 22.6. The average molecular weight is 298 g/mol. The number of nitrogens with zero attached hydrogens (tertiary/aromatic N) is 2. The molecule has 1 aromatic rings. The Balaban J connectivity index is 2.11. The molecule has 0 radical (unpaired) electrons. The Hall–Kier alpha value is -1.34. The van der Waals surface area contributed by atoms with E-state index < -0.39 is 0 Å². The topological polar surface area (TPSA) is 80.5 Å². The highest BCUT2D eigenvalue weighted by atomic mass is 32.1. The molecule has 1 atom stereocenters. The van der Waals surface area contributed by atoms with Gasteiger partial charge in [0.25, 0.3) is 5.91 Å². The van der Waals surface area contributed by atoms with Crippen LogP contribution in [0.2, 0.25) is 0 Å². The predicted octanol–water partition coefficient (Wildman–Crippen LogP) is 1.48. The van der Waals surface area contributed by atoms with E-state index in [1.165, 1.54) is 11.3 Å². The number of thiazole rings is 1. The first-order chi connectivity index (χ1) is 9.45. The Morgan fingerprint density at radius 2 is 2.40 bits per heavy atom. The van der Waals surface area contributed by atoms with Crippen molar-refractivity contribution in [1.82, 2.24) is 10.3 Å². The van der Waals surface area contributed by atoms with E-state index in [1.54, 1.807) is 0 Å². The minimum atomic E-state index is -0.317. The summed E-state index contributed by atoms with van der Waals surface area (Å²) in [5.74, 6) is 0.131. The lowest BCUT2D eigenvalue weighted by molar-refractivity contribution is 0.0274. The van der Waals surface area contributed by atoms with Gasteiger partial charge in [0.2, 0.25) is 0 Å². The number of rotatable bonds is 4. The van der Waals surface area contributed by atoms with E-state index in [4.69, 9.17) is 10.5 Å². The maximum absolute atomic E-state index is 12.4. The molecule has 0 aromatic carbocycles. The molecular formula is C13H22N4O2S. The summed E-state index contributed by atoms with van der Waals surface area (Å²) in [6, 6.07) is 0. The zero-order valence-corrected chi connectivity index (χ0v) is 13.0. The van der Waals surface area contributed by atoms with Crippen LogP contribution in [0, 0.1) is 0 Å². The Morgan fingerprint density at radius 1 is 1.65 bits per heavy atom. The minimum Gasteiger partial charge on any atom is -0.382 e. The van der Waals surface area contributed by atoms with Crippen LogP contribution in [-0.2, 0) is 4.74 Å². The van der Waals surface area contributed by atoms with Gasteiger partial charge in [0.15, 0.2) is 5.13 Å². The van der Waals surface area contributed by atoms with Gasteiger partial charge in [-0.25, -0.2) is 4.98 Å². The molecule has 1 aromatic heterocycles. The molecule has 20 heavy (non-hydrogen) atoms. The first-order valence-corrected chi connectivity index (χ1v) is 7.64. The standard InChI is InChI=1S/C13H22N4O2S/c1-4-17(3)12-15-10(14)9(20-12)11(18)16-13(2)6-5-7-19-8-13/h4-8,14H2,1-3H3,(H,16,18). The molecule has 0 bridgehead atoms. The van der Waals surface area contributed by atoms with Crippen LogP contribution in [0.5, 0.6) is 0 Å². The highest BCUT2D eigenvalue weighted by Gasteiger charge is 2.31. The molecule has 3 N–H and O–H groups in total. The fraction of sp³-hybridized carbons (Fsp3) is 0.692. The molecule has 0 aliphatic carbocycles. The van der Waals surface area contributed by atoms with Crippen molar-refractivity contribution < 1.29 is 9.53 Å². The molecule has 1 aliphatic rings. The predicted molar refractivity (Wildman–Crippen MR) is 81.4 cm³/mol. The molecule has 0 saturated carbocycles. The second kappa shape index (κ2) is 5.97. The SMILES string of the molecule is CCN(C)c1nc(N)c(C(=O)NC2(C)CCCOC2)s1. The number of anilines is 2. The number of nitrogens with two attached hydrogens (primary N) is 1. The van der Waals surface area contributed by atoms with E-state index in [2.05, 4.69) is 10.3 Å². The summed E-state index contributed by atoms with van der Waals surface area (Å²) in [6.45, 7) is 6.15. The molecule has 1 saturated heterocycles. The maximum atomic E-state index is 12.4. The third-order valence-corrected chi connectivity index (χ3v) is 4.69. The van der Waals surface area contributed by atoms with Crippen LogP contribution in [0.4, 0.5) is 10.9 Å². The first-order valence-electron chi connectivity index (χ1n) is 6.83. The van der Waals surface area contributed by atoms with Crippen molar-refractivity contribution in [2.45, 2.75) is 32.2 Å². The number of carbonyl (C=O) groups is 1. The van der Waals surface area contributed by atoms with Gasteiger partial charge in [0, 0.05) is 20.2 Å². The van der Waals surface area contributed by atoms with E-state index >= 15 is 0 Å². The lowest BCUT2D eigenvalue weighted by Crippen LogP contribution is -2.51. The fourth-order valence-electron chi connectivity index (χ4n) is 2.14. The summed E-state index contributed by atoms with van der Waals surface area (Å²) in [4.78, 5) is 19.1. The molecule has 112 valence electrons. The number of nitrogens with one attached hydrogen (secondary N) is 1. The summed E-state index contributed by atoms with van der Waals surface area (Å²) in [7, 11) is 1.93. The Labute approximate surface area is 123 Å². The fourth-order valence-corrected chi connectivity index (χ4v) is 3.05. The number of amides is 1. The van der Waals surface area contributed by atoms with E-state index in [9.17, 15) is 4.79 Å². The summed E-state index contributed by atoms with van der Waals surface area (Å²) in [6.07, 6.45) is 1.87. The highest BCUT2D eigenvalue weighted by molar-refractivity contribution is 7.18. The second-order valence-electron chi connectivity index (χ2n) is 5.40. The minimum absolute atomic E-state index is 0.163. The summed E-state index contributed by atoms with van der Waals surface area (Å²) >= 11 is 1.32. The van der Waals surface area contributed by atoms with E-state index in [1.807, 2.05) is 25.8 Å². The van der Waals surface area contributed by atoms with E-state index in [-0.39, 0.29) is 11.4 Å². The molecule has 1 fully saturated rings. The van der Waals surface area contributed by atoms with Crippen LogP contribution < -0.4 is 16.0 Å². The molecular weight excluding hydrogens is 276 g/mol. The quantitative estimate of drug-likeness (QED) is 0.880. The summed E-state index contributed by atoms with van der Waals surface area (Å²) in [5, 5.41) is 3.79. The van der Waals surface area contributed by atoms with Crippen molar-refractivity contribution in [3.8, 4) is 0 Å². The number of aromatic nitrogens is 1. The van der Waals surface area contributed by atoms with Crippen LogP contribution in [0.15, 0.2) is 0 Å². The first kappa shape index (κ1) is 15.1.